The van der Waals surface area contributed by atoms with Gasteiger partial charge in [-0.05, 0) is 123 Å². The third-order valence-corrected chi connectivity index (χ3v) is 14.5. The van der Waals surface area contributed by atoms with E-state index >= 15 is 0 Å². The molecule has 14 rings (SSSR count). The summed E-state index contributed by atoms with van der Waals surface area (Å²) >= 11 is 0. The van der Waals surface area contributed by atoms with Crippen molar-refractivity contribution in [1.82, 2.24) is 4.57 Å². The highest BCUT2D eigenvalue weighted by Gasteiger charge is 2.53. The summed E-state index contributed by atoms with van der Waals surface area (Å²) in [5.41, 5.74) is 19.8. The predicted octanol–water partition coefficient (Wildman–Crippen LogP) is 17.2. The van der Waals surface area contributed by atoms with E-state index in [0.29, 0.717) is 0 Å². The molecule has 2 aliphatic carbocycles. The number of rotatable bonds is 7. The predicted molar refractivity (Wildman–Crippen MR) is 284 cm³/mol. The molecule has 12 aromatic rings. The molecule has 68 heavy (non-hydrogen) atoms. The zero-order valence-electron chi connectivity index (χ0n) is 37.2. The molecule has 0 aliphatic heterocycles. The maximum atomic E-state index is 2.51. The summed E-state index contributed by atoms with van der Waals surface area (Å²) in [4.78, 5) is 4.94. The van der Waals surface area contributed by atoms with E-state index < -0.39 is 5.41 Å². The first-order chi connectivity index (χ1) is 33.8. The Hall–Kier alpha value is -8.92. The lowest BCUT2D eigenvalue weighted by Gasteiger charge is -2.32. The Morgan fingerprint density at radius 2 is 0.765 bits per heavy atom. The molecule has 0 N–H and O–H groups in total. The third kappa shape index (κ3) is 5.47. The minimum atomic E-state index is -0.582. The SMILES string of the molecule is c1ccc(N(c2ccccc2)c2cccc3c2-c2ccccc2C32c3ccccc3-c3c(N(c4ccc5ccccc5c4)c4ccc5c6ccccc6n(-c6ccccc6)c5c4)cccc32)cc1. The zero-order valence-corrected chi connectivity index (χ0v) is 37.2. The van der Waals surface area contributed by atoms with Crippen LogP contribution in [-0.2, 0) is 5.41 Å². The summed E-state index contributed by atoms with van der Waals surface area (Å²) in [7, 11) is 0. The first kappa shape index (κ1) is 38.4. The van der Waals surface area contributed by atoms with Gasteiger partial charge < -0.3 is 14.4 Å². The van der Waals surface area contributed by atoms with Gasteiger partial charge in [0.15, 0.2) is 0 Å². The average Bonchev–Trinajstić information content (AvgIpc) is 4.02. The van der Waals surface area contributed by atoms with Crippen LogP contribution in [0.1, 0.15) is 22.3 Å². The molecule has 318 valence electrons. The van der Waals surface area contributed by atoms with E-state index in [1.807, 2.05) is 0 Å². The van der Waals surface area contributed by atoms with Crippen LogP contribution in [0.5, 0.6) is 0 Å². The fraction of sp³-hybridized carbons (Fsp3) is 0.0154. The summed E-state index contributed by atoms with van der Waals surface area (Å²) in [5.74, 6) is 0. The molecule has 3 heteroatoms. The average molecular weight is 866 g/mol. The second-order valence-electron chi connectivity index (χ2n) is 18.0. The van der Waals surface area contributed by atoms with E-state index in [1.54, 1.807) is 0 Å². The molecule has 1 atom stereocenters. The highest BCUT2D eigenvalue weighted by molar-refractivity contribution is 6.11. The Balaban J connectivity index is 1.06. The molecule has 0 bridgehead atoms. The van der Waals surface area contributed by atoms with E-state index in [9.17, 15) is 0 Å². The van der Waals surface area contributed by atoms with Crippen molar-refractivity contribution in [1.29, 1.82) is 0 Å². The van der Waals surface area contributed by atoms with Crippen molar-refractivity contribution in [2.75, 3.05) is 9.80 Å². The number of nitrogens with zero attached hydrogens (tertiary/aromatic N) is 3. The molecular weight excluding hydrogens is 823 g/mol. The van der Waals surface area contributed by atoms with Crippen molar-refractivity contribution in [3.05, 3.63) is 283 Å². The molecule has 0 saturated heterocycles. The van der Waals surface area contributed by atoms with Gasteiger partial charge in [0.25, 0.3) is 0 Å². The molecular formula is C65H43N3. The molecule has 3 nitrogen and oxygen atoms in total. The summed E-state index contributed by atoms with van der Waals surface area (Å²) in [6.45, 7) is 0. The maximum Gasteiger partial charge on any atom is 0.0727 e. The third-order valence-electron chi connectivity index (χ3n) is 14.5. The van der Waals surface area contributed by atoms with E-state index in [4.69, 9.17) is 0 Å². The second kappa shape index (κ2) is 15.1. The highest BCUT2D eigenvalue weighted by Crippen LogP contribution is 2.66. The Bertz CT molecular complexity index is 3890. The molecule has 0 fully saturated rings. The quantitative estimate of drug-likeness (QED) is 0.158. The molecule has 1 aromatic heterocycles. The van der Waals surface area contributed by atoms with Crippen LogP contribution in [0.15, 0.2) is 261 Å². The first-order valence-electron chi connectivity index (χ1n) is 23.5. The molecule has 0 radical (unpaired) electrons. The number of aromatic nitrogens is 1. The molecule has 1 unspecified atom stereocenters. The summed E-state index contributed by atoms with van der Waals surface area (Å²) in [6.07, 6.45) is 0. The van der Waals surface area contributed by atoms with Gasteiger partial charge in [-0.2, -0.15) is 0 Å². The molecule has 1 heterocycles. The highest BCUT2D eigenvalue weighted by atomic mass is 15.2. The summed E-state index contributed by atoms with van der Waals surface area (Å²) in [5, 5.41) is 4.88. The van der Waals surface area contributed by atoms with Crippen LogP contribution in [-0.4, -0.2) is 4.57 Å². The summed E-state index contributed by atoms with van der Waals surface area (Å²) in [6, 6.07) is 96.2. The molecule has 1 spiro atoms. The smallest absolute Gasteiger partial charge is 0.0727 e. The number of hydrogen-bond donors (Lipinski definition) is 0. The lowest BCUT2D eigenvalue weighted by Crippen LogP contribution is -2.26. The minimum Gasteiger partial charge on any atom is -0.310 e. The van der Waals surface area contributed by atoms with Gasteiger partial charge >= 0.3 is 0 Å². The van der Waals surface area contributed by atoms with Crippen molar-refractivity contribution in [3.63, 3.8) is 0 Å². The van der Waals surface area contributed by atoms with Crippen LogP contribution in [0.25, 0.3) is 60.5 Å². The van der Waals surface area contributed by atoms with Crippen LogP contribution >= 0.6 is 0 Å². The van der Waals surface area contributed by atoms with E-state index in [2.05, 4.69) is 275 Å². The van der Waals surface area contributed by atoms with Crippen LogP contribution in [0, 0.1) is 0 Å². The zero-order chi connectivity index (χ0) is 44.8. The number of anilines is 6. The lowest BCUT2D eigenvalue weighted by atomic mass is 9.70. The van der Waals surface area contributed by atoms with Gasteiger partial charge in [-0.25, -0.2) is 0 Å². The van der Waals surface area contributed by atoms with Gasteiger partial charge in [0, 0.05) is 50.3 Å². The van der Waals surface area contributed by atoms with Gasteiger partial charge in [-0.15, -0.1) is 0 Å². The second-order valence-corrected chi connectivity index (χ2v) is 18.0. The Kier molecular flexibility index (Phi) is 8.50. The maximum absolute atomic E-state index is 2.51. The van der Waals surface area contributed by atoms with Gasteiger partial charge in [0.2, 0.25) is 0 Å². The fourth-order valence-corrected chi connectivity index (χ4v) is 11.8. The number of fused-ring (bicyclic) bond motifs is 14. The van der Waals surface area contributed by atoms with E-state index in [-0.39, 0.29) is 0 Å². The number of benzene rings is 11. The van der Waals surface area contributed by atoms with Crippen LogP contribution < -0.4 is 9.80 Å². The standard InChI is InChI=1S/C65H43N3/c1-4-22-46(23-5-1)66(47-24-6-2-7-25-47)60-36-18-33-57-63(60)53-29-12-15-31-55(53)65(57)56-32-16-13-30-54(56)64-58(65)34-19-37-61(64)67(49-39-38-44-20-10-11-21-45(44)42-49)50-40-41-52-51-28-14-17-35-59(51)68(62(52)43-50)48-26-8-3-9-27-48/h1-43H. The van der Waals surface area contributed by atoms with Gasteiger partial charge in [-0.1, -0.05) is 182 Å². The lowest BCUT2D eigenvalue weighted by molar-refractivity contribution is 0.793. The molecule has 2 aliphatic rings. The minimum absolute atomic E-state index is 0.582. The van der Waals surface area contributed by atoms with Crippen molar-refractivity contribution < 1.29 is 0 Å². The van der Waals surface area contributed by atoms with Gasteiger partial charge in [0.1, 0.15) is 0 Å². The fourth-order valence-electron chi connectivity index (χ4n) is 11.8. The molecule has 11 aromatic carbocycles. The summed E-state index contributed by atoms with van der Waals surface area (Å²) < 4.78 is 2.42. The molecule has 0 amide bonds. The molecule has 0 saturated carbocycles. The topological polar surface area (TPSA) is 11.4 Å². The van der Waals surface area contributed by atoms with Gasteiger partial charge in [-0.3, -0.25) is 0 Å². The van der Waals surface area contributed by atoms with Crippen molar-refractivity contribution in [2.24, 2.45) is 0 Å². The largest absolute Gasteiger partial charge is 0.310 e. The van der Waals surface area contributed by atoms with Crippen molar-refractivity contribution in [3.8, 4) is 27.9 Å². The van der Waals surface area contributed by atoms with Crippen LogP contribution in [0.3, 0.4) is 0 Å². The van der Waals surface area contributed by atoms with E-state index in [0.717, 1.165) is 45.3 Å². The van der Waals surface area contributed by atoms with E-state index in [1.165, 1.54) is 71.6 Å². The Labute approximate surface area is 395 Å². The van der Waals surface area contributed by atoms with Crippen LogP contribution in [0.4, 0.5) is 34.1 Å². The Morgan fingerprint density at radius 1 is 0.294 bits per heavy atom. The van der Waals surface area contributed by atoms with Crippen LogP contribution in [0.2, 0.25) is 0 Å². The Morgan fingerprint density at radius 3 is 1.41 bits per heavy atom. The van der Waals surface area contributed by atoms with Crippen molar-refractivity contribution >= 4 is 66.7 Å². The number of hydrogen-bond acceptors (Lipinski definition) is 2. The van der Waals surface area contributed by atoms with Gasteiger partial charge in [0.05, 0.1) is 27.8 Å². The van der Waals surface area contributed by atoms with Crippen molar-refractivity contribution in [2.45, 2.75) is 5.41 Å². The monoisotopic (exact) mass is 865 g/mol. The first-order valence-corrected chi connectivity index (χ1v) is 23.5. The normalized spacial score (nSPS) is 14.2. The number of para-hydroxylation sites is 4.